The van der Waals surface area contributed by atoms with Crippen LogP contribution in [-0.2, 0) is 16.0 Å². The minimum atomic E-state index is -0.451. The van der Waals surface area contributed by atoms with Crippen LogP contribution < -0.4 is 0 Å². The van der Waals surface area contributed by atoms with Gasteiger partial charge >= 0.3 is 5.97 Å². The van der Waals surface area contributed by atoms with Crippen LogP contribution in [0.2, 0.25) is 0 Å². The monoisotopic (exact) mass is 336 g/mol. The molecule has 0 atom stereocenters. The highest BCUT2D eigenvalue weighted by Crippen LogP contribution is 2.42. The number of aromatic hydroxyl groups is 2. The van der Waals surface area contributed by atoms with Crippen molar-refractivity contribution in [3.8, 4) is 22.6 Å². The Hall–Kier alpha value is -2.01. The van der Waals surface area contributed by atoms with Gasteiger partial charge in [0.2, 0.25) is 0 Å². The van der Waals surface area contributed by atoms with E-state index in [4.69, 9.17) is 0 Å². The Morgan fingerprint density at radius 3 is 2.45 bits per heavy atom. The summed E-state index contributed by atoms with van der Waals surface area (Å²) in [6.07, 6.45) is -0.0523. The highest BCUT2D eigenvalue weighted by Gasteiger charge is 2.20. The first-order valence-corrected chi connectivity index (χ1v) is 6.69. The van der Waals surface area contributed by atoms with E-state index >= 15 is 0 Å². The summed E-state index contributed by atoms with van der Waals surface area (Å²) in [6.45, 7) is 0. The Morgan fingerprint density at radius 1 is 1.20 bits per heavy atom. The molecule has 0 unspecified atom stereocenters. The molecule has 2 aromatic carbocycles. The van der Waals surface area contributed by atoms with Gasteiger partial charge in [-0.15, -0.1) is 0 Å². The van der Waals surface area contributed by atoms with Crippen LogP contribution in [0.3, 0.4) is 0 Å². The SMILES string of the molecule is COC(=O)Cc1c(Br)c(O)cc(O)c1-c1ccccc1. The Morgan fingerprint density at radius 2 is 1.85 bits per heavy atom. The summed E-state index contributed by atoms with van der Waals surface area (Å²) >= 11 is 3.25. The van der Waals surface area contributed by atoms with Gasteiger partial charge in [-0.05, 0) is 27.1 Å². The number of phenols is 2. The number of rotatable bonds is 3. The maximum absolute atomic E-state index is 11.5. The average molecular weight is 337 g/mol. The molecule has 20 heavy (non-hydrogen) atoms. The lowest BCUT2D eigenvalue weighted by Gasteiger charge is -2.14. The van der Waals surface area contributed by atoms with Crippen molar-refractivity contribution in [1.29, 1.82) is 0 Å². The molecule has 104 valence electrons. The summed E-state index contributed by atoms with van der Waals surface area (Å²) in [4.78, 5) is 11.5. The minimum absolute atomic E-state index is 0.0523. The van der Waals surface area contributed by atoms with Crippen LogP contribution in [0.4, 0.5) is 0 Å². The molecule has 0 saturated heterocycles. The average Bonchev–Trinajstić information content (AvgIpc) is 2.45. The highest BCUT2D eigenvalue weighted by molar-refractivity contribution is 9.10. The molecule has 0 aliphatic carbocycles. The molecule has 0 heterocycles. The van der Waals surface area contributed by atoms with E-state index in [0.29, 0.717) is 15.6 Å². The molecule has 0 aromatic heterocycles. The minimum Gasteiger partial charge on any atom is -0.507 e. The van der Waals surface area contributed by atoms with Gasteiger partial charge in [0.05, 0.1) is 18.0 Å². The predicted octanol–water partition coefficient (Wildman–Crippen LogP) is 3.24. The van der Waals surface area contributed by atoms with E-state index in [2.05, 4.69) is 20.7 Å². The third-order valence-corrected chi connectivity index (χ3v) is 3.82. The summed E-state index contributed by atoms with van der Waals surface area (Å²) in [6, 6.07) is 10.4. The number of halogens is 1. The number of carbonyl (C=O) groups is 1. The second-order valence-electron chi connectivity index (χ2n) is 4.20. The van der Waals surface area contributed by atoms with Crippen LogP contribution in [-0.4, -0.2) is 23.3 Å². The predicted molar refractivity (Wildman–Crippen MR) is 78.6 cm³/mol. The van der Waals surface area contributed by atoms with Gasteiger partial charge in [0.25, 0.3) is 0 Å². The van der Waals surface area contributed by atoms with Gasteiger partial charge in [-0.2, -0.15) is 0 Å². The van der Waals surface area contributed by atoms with Crippen molar-refractivity contribution < 1.29 is 19.7 Å². The number of ether oxygens (including phenoxy) is 1. The molecule has 0 fully saturated rings. The van der Waals surface area contributed by atoms with Gasteiger partial charge in [0, 0.05) is 11.6 Å². The first-order chi connectivity index (χ1) is 9.54. The molecular formula is C15H13BrO4. The van der Waals surface area contributed by atoms with Crippen LogP contribution in [0, 0.1) is 0 Å². The number of hydrogen-bond acceptors (Lipinski definition) is 4. The maximum atomic E-state index is 11.5. The Kier molecular flexibility index (Phi) is 4.29. The fourth-order valence-electron chi connectivity index (χ4n) is 1.99. The van der Waals surface area contributed by atoms with Crippen molar-refractivity contribution in [1.82, 2.24) is 0 Å². The van der Waals surface area contributed by atoms with Crippen molar-refractivity contribution >= 4 is 21.9 Å². The van der Waals surface area contributed by atoms with Crippen LogP contribution >= 0.6 is 15.9 Å². The molecule has 0 bridgehead atoms. The van der Waals surface area contributed by atoms with E-state index in [9.17, 15) is 15.0 Å². The van der Waals surface area contributed by atoms with Crippen molar-refractivity contribution in [2.75, 3.05) is 7.11 Å². The van der Waals surface area contributed by atoms with E-state index < -0.39 is 5.97 Å². The van der Waals surface area contributed by atoms with Crippen LogP contribution in [0.25, 0.3) is 11.1 Å². The van der Waals surface area contributed by atoms with E-state index in [0.717, 1.165) is 5.56 Å². The van der Waals surface area contributed by atoms with Crippen molar-refractivity contribution in [3.63, 3.8) is 0 Å². The third kappa shape index (κ3) is 2.77. The van der Waals surface area contributed by atoms with Crippen molar-refractivity contribution in [2.24, 2.45) is 0 Å². The van der Waals surface area contributed by atoms with Gasteiger partial charge < -0.3 is 14.9 Å². The lowest BCUT2D eigenvalue weighted by atomic mass is 9.96. The molecular weight excluding hydrogens is 324 g/mol. The summed E-state index contributed by atoms with van der Waals surface area (Å²) in [5.74, 6) is -0.662. The Balaban J connectivity index is 2.66. The second kappa shape index (κ2) is 5.96. The molecule has 4 nitrogen and oxygen atoms in total. The lowest BCUT2D eigenvalue weighted by Crippen LogP contribution is -2.06. The first-order valence-electron chi connectivity index (χ1n) is 5.90. The van der Waals surface area contributed by atoms with E-state index in [1.165, 1.54) is 13.2 Å². The zero-order valence-electron chi connectivity index (χ0n) is 10.8. The van der Waals surface area contributed by atoms with Gasteiger partial charge in [-0.3, -0.25) is 4.79 Å². The molecule has 2 N–H and O–H groups in total. The zero-order chi connectivity index (χ0) is 14.7. The summed E-state index contributed by atoms with van der Waals surface area (Å²) in [5.41, 5.74) is 1.74. The molecule has 0 radical (unpaired) electrons. The fraction of sp³-hybridized carbons (Fsp3) is 0.133. The normalized spacial score (nSPS) is 10.3. The van der Waals surface area contributed by atoms with Gasteiger partial charge in [-0.1, -0.05) is 30.3 Å². The number of benzene rings is 2. The number of hydrogen-bond donors (Lipinski definition) is 2. The van der Waals surface area contributed by atoms with E-state index in [-0.39, 0.29) is 17.9 Å². The van der Waals surface area contributed by atoms with Crippen molar-refractivity contribution in [3.05, 3.63) is 46.4 Å². The summed E-state index contributed by atoms with van der Waals surface area (Å²) in [7, 11) is 1.29. The topological polar surface area (TPSA) is 66.8 Å². The molecule has 0 spiro atoms. The van der Waals surface area contributed by atoms with E-state index in [1.807, 2.05) is 30.3 Å². The smallest absolute Gasteiger partial charge is 0.310 e. The molecule has 0 saturated carbocycles. The molecule has 0 aliphatic rings. The second-order valence-corrected chi connectivity index (χ2v) is 4.99. The van der Waals surface area contributed by atoms with Crippen molar-refractivity contribution in [2.45, 2.75) is 6.42 Å². The van der Waals surface area contributed by atoms with Gasteiger partial charge in [-0.25, -0.2) is 0 Å². The number of carbonyl (C=O) groups excluding carboxylic acids is 1. The quantitative estimate of drug-likeness (QED) is 0.844. The molecule has 2 aromatic rings. The number of phenolic OH excluding ortho intramolecular Hbond substituents is 2. The molecule has 0 aliphatic heterocycles. The van der Waals surface area contributed by atoms with Gasteiger partial charge in [0.15, 0.2) is 0 Å². The Labute approximate surface area is 124 Å². The largest absolute Gasteiger partial charge is 0.507 e. The Bertz CT molecular complexity index is 638. The fourth-order valence-corrected chi connectivity index (χ4v) is 2.45. The molecule has 2 rings (SSSR count). The number of esters is 1. The maximum Gasteiger partial charge on any atom is 0.310 e. The summed E-state index contributed by atoms with van der Waals surface area (Å²) < 4.78 is 5.03. The highest BCUT2D eigenvalue weighted by atomic mass is 79.9. The molecule has 0 amide bonds. The van der Waals surface area contributed by atoms with Crippen LogP contribution in [0.1, 0.15) is 5.56 Å². The summed E-state index contributed by atoms with van der Waals surface area (Å²) in [5, 5.41) is 19.9. The standard InChI is InChI=1S/C15H13BrO4/c1-20-13(19)7-10-14(9-5-3-2-4-6-9)11(17)8-12(18)15(10)16/h2-6,8,17-18H,7H2,1H3. The van der Waals surface area contributed by atoms with Crippen LogP contribution in [0.5, 0.6) is 11.5 Å². The third-order valence-electron chi connectivity index (χ3n) is 2.93. The van der Waals surface area contributed by atoms with Crippen LogP contribution in [0.15, 0.2) is 40.9 Å². The number of methoxy groups -OCH3 is 1. The van der Waals surface area contributed by atoms with Gasteiger partial charge in [0.1, 0.15) is 11.5 Å². The zero-order valence-corrected chi connectivity index (χ0v) is 12.3. The molecule has 5 heteroatoms. The lowest BCUT2D eigenvalue weighted by molar-refractivity contribution is -0.139. The van der Waals surface area contributed by atoms with E-state index in [1.54, 1.807) is 0 Å². The first kappa shape index (κ1) is 14.4.